The van der Waals surface area contributed by atoms with Crippen molar-refractivity contribution in [2.45, 2.75) is 45.8 Å². The van der Waals surface area contributed by atoms with Gasteiger partial charge in [0.15, 0.2) is 0 Å². The summed E-state index contributed by atoms with van der Waals surface area (Å²) in [5.41, 5.74) is 2.95. The molecule has 0 bridgehead atoms. The molecule has 2 aromatic rings. The predicted octanol–water partition coefficient (Wildman–Crippen LogP) is 5.11. The van der Waals surface area contributed by atoms with Gasteiger partial charge in [0.2, 0.25) is 0 Å². The fraction of sp³-hybridized carbons (Fsp3) is 0.391. The quantitative estimate of drug-likeness (QED) is 0.707. The molecule has 1 unspecified atom stereocenters. The summed E-state index contributed by atoms with van der Waals surface area (Å²) in [5, 5.41) is 12.8. The van der Waals surface area contributed by atoms with Crippen molar-refractivity contribution in [1.82, 2.24) is 0 Å². The molecule has 0 radical (unpaired) electrons. The number of nitrogens with zero attached hydrogens (tertiary/aromatic N) is 1. The summed E-state index contributed by atoms with van der Waals surface area (Å²) in [4.78, 5) is 12.5. The summed E-state index contributed by atoms with van der Waals surface area (Å²) < 4.78 is 11.6. The molecule has 0 fully saturated rings. The number of ether oxygens (including phenoxy) is 2. The molecule has 29 heavy (non-hydrogen) atoms. The number of esters is 1. The molecule has 1 aliphatic heterocycles. The first-order chi connectivity index (χ1) is 13.8. The Morgan fingerprint density at radius 1 is 1.24 bits per heavy atom. The SMILES string of the molecule is CC(C)(C)OC(=O)C1CCc2c(ccc(Cl)c2OCc2ccc(C#N)cc2)NC1. The predicted molar refractivity (Wildman–Crippen MR) is 113 cm³/mol. The molecule has 0 amide bonds. The Morgan fingerprint density at radius 3 is 2.62 bits per heavy atom. The van der Waals surface area contributed by atoms with Crippen molar-refractivity contribution in [2.75, 3.05) is 11.9 Å². The van der Waals surface area contributed by atoms with Gasteiger partial charge in [0, 0.05) is 17.8 Å². The highest BCUT2D eigenvalue weighted by Crippen LogP contribution is 2.38. The van der Waals surface area contributed by atoms with Crippen molar-refractivity contribution in [1.29, 1.82) is 5.26 Å². The molecule has 0 saturated heterocycles. The molecule has 0 saturated carbocycles. The molecule has 1 heterocycles. The summed E-state index contributed by atoms with van der Waals surface area (Å²) >= 11 is 6.43. The second kappa shape index (κ2) is 8.75. The number of fused-ring (bicyclic) bond motifs is 1. The van der Waals surface area contributed by atoms with Gasteiger partial charge in [0.25, 0.3) is 0 Å². The van der Waals surface area contributed by atoms with Crippen LogP contribution < -0.4 is 10.1 Å². The molecule has 1 N–H and O–H groups in total. The van der Waals surface area contributed by atoms with E-state index < -0.39 is 5.60 Å². The fourth-order valence-corrected chi connectivity index (χ4v) is 3.47. The van der Waals surface area contributed by atoms with Crippen LogP contribution >= 0.6 is 11.6 Å². The minimum atomic E-state index is -0.505. The second-order valence-electron chi connectivity index (χ2n) is 8.15. The summed E-state index contributed by atoms with van der Waals surface area (Å²) in [5.74, 6) is 0.210. The largest absolute Gasteiger partial charge is 0.487 e. The first-order valence-corrected chi connectivity index (χ1v) is 10.0. The van der Waals surface area contributed by atoms with Crippen molar-refractivity contribution in [3.8, 4) is 11.8 Å². The van der Waals surface area contributed by atoms with E-state index in [0.29, 0.717) is 42.3 Å². The Hall–Kier alpha value is -2.71. The van der Waals surface area contributed by atoms with Crippen LogP contribution in [-0.4, -0.2) is 18.1 Å². The first kappa shape index (κ1) is 21.0. The van der Waals surface area contributed by atoms with Crippen LogP contribution in [-0.2, 0) is 22.6 Å². The standard InChI is InChI=1S/C23H25ClN2O3/c1-23(2,3)29-22(27)17-8-9-18-20(26-13-17)11-10-19(24)21(18)28-14-16-6-4-15(12-25)5-7-16/h4-7,10-11,17,26H,8-9,13-14H2,1-3H3. The number of hydrogen-bond donors (Lipinski definition) is 1. The second-order valence-corrected chi connectivity index (χ2v) is 8.56. The zero-order valence-electron chi connectivity index (χ0n) is 16.9. The lowest BCUT2D eigenvalue weighted by molar-refractivity contribution is -0.159. The van der Waals surface area contributed by atoms with Crippen LogP contribution in [0.5, 0.6) is 5.75 Å². The van der Waals surface area contributed by atoms with Gasteiger partial charge in [-0.3, -0.25) is 4.79 Å². The molecular weight excluding hydrogens is 388 g/mol. The minimum absolute atomic E-state index is 0.191. The van der Waals surface area contributed by atoms with Crippen molar-refractivity contribution >= 4 is 23.3 Å². The fourth-order valence-electron chi connectivity index (χ4n) is 3.24. The maximum atomic E-state index is 12.5. The van der Waals surface area contributed by atoms with Crippen LogP contribution in [0.3, 0.4) is 0 Å². The highest BCUT2D eigenvalue weighted by molar-refractivity contribution is 6.32. The van der Waals surface area contributed by atoms with Crippen LogP contribution in [0.25, 0.3) is 0 Å². The van der Waals surface area contributed by atoms with Crippen LogP contribution in [0.15, 0.2) is 36.4 Å². The molecule has 1 atom stereocenters. The lowest BCUT2D eigenvalue weighted by Crippen LogP contribution is -2.31. The maximum absolute atomic E-state index is 12.5. The van der Waals surface area contributed by atoms with Crippen LogP contribution in [0.1, 0.15) is 43.9 Å². The summed E-state index contributed by atoms with van der Waals surface area (Å²) in [6.07, 6.45) is 1.32. The van der Waals surface area contributed by atoms with Crippen molar-refractivity contribution < 1.29 is 14.3 Å². The Labute approximate surface area is 176 Å². The smallest absolute Gasteiger partial charge is 0.311 e. The lowest BCUT2D eigenvalue weighted by atomic mass is 10.00. The zero-order chi connectivity index (χ0) is 21.0. The van der Waals surface area contributed by atoms with Gasteiger partial charge in [-0.25, -0.2) is 0 Å². The van der Waals surface area contributed by atoms with Gasteiger partial charge in [-0.05, 0) is 63.4 Å². The van der Waals surface area contributed by atoms with E-state index in [9.17, 15) is 4.79 Å². The third-order valence-electron chi connectivity index (χ3n) is 4.70. The van der Waals surface area contributed by atoms with Gasteiger partial charge in [0.1, 0.15) is 18.0 Å². The summed E-state index contributed by atoms with van der Waals surface area (Å²) in [6.45, 7) is 6.48. The Kier molecular flexibility index (Phi) is 6.34. The first-order valence-electron chi connectivity index (χ1n) is 9.67. The topological polar surface area (TPSA) is 71.3 Å². The van der Waals surface area contributed by atoms with E-state index in [4.69, 9.17) is 26.3 Å². The van der Waals surface area contributed by atoms with Gasteiger partial charge in [-0.1, -0.05) is 23.7 Å². The van der Waals surface area contributed by atoms with E-state index in [1.165, 1.54) is 0 Å². The molecule has 2 aromatic carbocycles. The van der Waals surface area contributed by atoms with Crippen LogP contribution in [0, 0.1) is 17.2 Å². The van der Waals surface area contributed by atoms with Gasteiger partial charge >= 0.3 is 5.97 Å². The average Bonchev–Trinajstić information content (AvgIpc) is 2.89. The number of halogens is 1. The Balaban J connectivity index is 1.74. The lowest BCUT2D eigenvalue weighted by Gasteiger charge is -2.23. The number of carbonyl (C=O) groups is 1. The van der Waals surface area contributed by atoms with Gasteiger partial charge in [-0.15, -0.1) is 0 Å². The van der Waals surface area contributed by atoms with Crippen molar-refractivity contribution in [3.63, 3.8) is 0 Å². The van der Waals surface area contributed by atoms with E-state index in [2.05, 4.69) is 11.4 Å². The molecule has 0 spiro atoms. The summed E-state index contributed by atoms with van der Waals surface area (Å²) in [6, 6.07) is 13.1. The molecule has 1 aliphatic rings. The van der Waals surface area contributed by atoms with E-state index in [-0.39, 0.29) is 11.9 Å². The number of nitriles is 1. The highest BCUT2D eigenvalue weighted by atomic mass is 35.5. The monoisotopic (exact) mass is 412 g/mol. The maximum Gasteiger partial charge on any atom is 0.311 e. The van der Waals surface area contributed by atoms with Gasteiger partial charge in [-0.2, -0.15) is 5.26 Å². The van der Waals surface area contributed by atoms with E-state index in [1.807, 2.05) is 39.0 Å². The van der Waals surface area contributed by atoms with Gasteiger partial charge in [0.05, 0.1) is 22.6 Å². The van der Waals surface area contributed by atoms with Crippen LogP contribution in [0.2, 0.25) is 5.02 Å². The van der Waals surface area contributed by atoms with E-state index in [1.54, 1.807) is 18.2 Å². The molecule has 6 heteroatoms. The number of carbonyl (C=O) groups excluding carboxylic acids is 1. The molecule has 3 rings (SSSR count). The molecule has 0 aliphatic carbocycles. The number of rotatable bonds is 4. The van der Waals surface area contributed by atoms with E-state index >= 15 is 0 Å². The molecule has 0 aromatic heterocycles. The normalized spacial score (nSPS) is 16.0. The molecular formula is C23H25ClN2O3. The molecule has 5 nitrogen and oxygen atoms in total. The third kappa shape index (κ3) is 5.42. The highest BCUT2D eigenvalue weighted by Gasteiger charge is 2.28. The minimum Gasteiger partial charge on any atom is -0.487 e. The average molecular weight is 413 g/mol. The van der Waals surface area contributed by atoms with Crippen LogP contribution in [0.4, 0.5) is 5.69 Å². The van der Waals surface area contributed by atoms with E-state index in [0.717, 1.165) is 16.8 Å². The Bertz CT molecular complexity index is 927. The van der Waals surface area contributed by atoms with Crippen molar-refractivity contribution in [2.24, 2.45) is 5.92 Å². The Morgan fingerprint density at radius 2 is 1.97 bits per heavy atom. The number of benzene rings is 2. The zero-order valence-corrected chi connectivity index (χ0v) is 17.7. The number of anilines is 1. The van der Waals surface area contributed by atoms with Gasteiger partial charge < -0.3 is 14.8 Å². The third-order valence-corrected chi connectivity index (χ3v) is 5.00. The molecule has 152 valence electrons. The summed E-state index contributed by atoms with van der Waals surface area (Å²) in [7, 11) is 0. The van der Waals surface area contributed by atoms with Crippen molar-refractivity contribution in [3.05, 3.63) is 58.1 Å². The number of hydrogen-bond acceptors (Lipinski definition) is 5. The number of nitrogens with one attached hydrogen (secondary N) is 1.